The van der Waals surface area contributed by atoms with Crippen LogP contribution in [0.5, 0.6) is 5.75 Å². The Morgan fingerprint density at radius 1 is 1.38 bits per heavy atom. The molecule has 0 spiro atoms. The zero-order valence-corrected chi connectivity index (χ0v) is 8.64. The summed E-state index contributed by atoms with van der Waals surface area (Å²) < 4.78 is 43.3. The van der Waals surface area contributed by atoms with Crippen LogP contribution in [0.3, 0.4) is 0 Å². The molecule has 3 nitrogen and oxygen atoms in total. The third kappa shape index (κ3) is 2.20. The second-order valence-corrected chi connectivity index (χ2v) is 3.63. The summed E-state index contributed by atoms with van der Waals surface area (Å²) in [6.07, 6.45) is -0.795. The summed E-state index contributed by atoms with van der Waals surface area (Å²) in [5.41, 5.74) is -0.562. The van der Waals surface area contributed by atoms with Crippen LogP contribution in [0.15, 0.2) is 12.4 Å². The highest BCUT2D eigenvalue weighted by atomic mass is 19.4. The summed E-state index contributed by atoms with van der Waals surface area (Å²) in [4.78, 5) is 3.55. The second kappa shape index (κ2) is 3.84. The lowest BCUT2D eigenvalue weighted by Gasteiger charge is -2.16. The van der Waals surface area contributed by atoms with Gasteiger partial charge in [-0.25, -0.2) is 0 Å². The van der Waals surface area contributed by atoms with E-state index >= 15 is 0 Å². The van der Waals surface area contributed by atoms with Crippen molar-refractivity contribution in [1.82, 2.24) is 4.98 Å². The molecule has 0 atom stereocenters. The van der Waals surface area contributed by atoms with E-state index < -0.39 is 11.7 Å². The molecule has 88 valence electrons. The van der Waals surface area contributed by atoms with Crippen molar-refractivity contribution < 1.29 is 17.9 Å². The van der Waals surface area contributed by atoms with Crippen LogP contribution in [-0.2, 0) is 6.18 Å². The van der Waals surface area contributed by atoms with Gasteiger partial charge in [-0.2, -0.15) is 13.2 Å². The van der Waals surface area contributed by atoms with Crippen molar-refractivity contribution in [3.63, 3.8) is 0 Å². The molecule has 6 heteroatoms. The van der Waals surface area contributed by atoms with Gasteiger partial charge in [-0.05, 0) is 12.8 Å². The quantitative estimate of drug-likeness (QED) is 0.869. The number of hydrogen-bond donors (Lipinski definition) is 1. The van der Waals surface area contributed by atoms with Gasteiger partial charge >= 0.3 is 6.18 Å². The van der Waals surface area contributed by atoms with E-state index in [4.69, 9.17) is 4.74 Å². The summed E-state index contributed by atoms with van der Waals surface area (Å²) in [6, 6.07) is 0. The molecule has 0 radical (unpaired) electrons. The molecule has 1 heterocycles. The summed E-state index contributed by atoms with van der Waals surface area (Å²) in [7, 11) is 1.54. The topological polar surface area (TPSA) is 34.2 Å². The first-order chi connectivity index (χ1) is 7.52. The number of nitrogens with one attached hydrogen (secondary N) is 1. The number of hydrogen-bond acceptors (Lipinski definition) is 3. The lowest BCUT2D eigenvalue weighted by molar-refractivity contribution is -0.139. The van der Waals surface area contributed by atoms with Gasteiger partial charge in [0.1, 0.15) is 5.56 Å². The van der Waals surface area contributed by atoms with Crippen molar-refractivity contribution in [2.45, 2.75) is 25.1 Å². The van der Waals surface area contributed by atoms with Gasteiger partial charge in [0.2, 0.25) is 0 Å². The van der Waals surface area contributed by atoms with E-state index in [1.54, 1.807) is 0 Å². The number of nitrogens with zero attached hydrogens (tertiary/aromatic N) is 1. The maximum atomic E-state index is 12.7. The fourth-order valence-corrected chi connectivity index (χ4v) is 1.31. The Morgan fingerprint density at radius 2 is 2.06 bits per heavy atom. The number of aromatic nitrogens is 1. The van der Waals surface area contributed by atoms with Crippen LogP contribution in [-0.4, -0.2) is 18.1 Å². The normalized spacial score (nSPS) is 16.0. The van der Waals surface area contributed by atoms with Gasteiger partial charge in [0.25, 0.3) is 0 Å². The van der Waals surface area contributed by atoms with Gasteiger partial charge in [-0.15, -0.1) is 0 Å². The van der Waals surface area contributed by atoms with Gasteiger partial charge in [0, 0.05) is 13.2 Å². The van der Waals surface area contributed by atoms with Crippen LogP contribution < -0.4 is 10.1 Å². The van der Waals surface area contributed by atoms with Crippen LogP contribution in [0.1, 0.15) is 18.4 Å². The predicted octanol–water partition coefficient (Wildman–Crippen LogP) is 2.68. The molecule has 1 aliphatic carbocycles. The van der Waals surface area contributed by atoms with Crippen molar-refractivity contribution in [1.29, 1.82) is 0 Å². The summed E-state index contributed by atoms with van der Waals surface area (Å²) in [6.45, 7) is 0. The van der Waals surface area contributed by atoms with Crippen LogP contribution in [0, 0.1) is 0 Å². The van der Waals surface area contributed by atoms with Crippen molar-refractivity contribution in [2.24, 2.45) is 0 Å². The van der Waals surface area contributed by atoms with Gasteiger partial charge in [-0.1, -0.05) is 0 Å². The van der Waals surface area contributed by atoms with Crippen LogP contribution in [0.4, 0.5) is 18.9 Å². The third-order valence-electron chi connectivity index (χ3n) is 2.28. The molecule has 2 rings (SSSR count). The van der Waals surface area contributed by atoms with Gasteiger partial charge in [-0.3, -0.25) is 4.98 Å². The van der Waals surface area contributed by atoms with E-state index in [0.29, 0.717) is 0 Å². The number of alkyl halides is 3. The molecule has 0 bridgehead atoms. The standard InChI is InChI=1S/C10H11F3N2O/c1-14-8-5-15-4-7(10(11,12)13)9(8)16-6-2-3-6/h4-6,14H,2-3H2,1H3. The van der Waals surface area contributed by atoms with E-state index in [1.165, 1.54) is 13.2 Å². The molecule has 0 aliphatic heterocycles. The first-order valence-electron chi connectivity index (χ1n) is 4.92. The van der Waals surface area contributed by atoms with E-state index in [1.807, 2.05) is 0 Å². The zero-order valence-electron chi connectivity index (χ0n) is 8.64. The SMILES string of the molecule is CNc1cncc(C(F)(F)F)c1OC1CC1. The lowest BCUT2D eigenvalue weighted by Crippen LogP contribution is -2.12. The molecule has 0 unspecified atom stereocenters. The molecule has 0 amide bonds. The minimum absolute atomic E-state index is 0.0874. The second-order valence-electron chi connectivity index (χ2n) is 3.63. The number of ether oxygens (including phenoxy) is 1. The fraction of sp³-hybridized carbons (Fsp3) is 0.500. The average molecular weight is 232 g/mol. The summed E-state index contributed by atoms with van der Waals surface area (Å²) in [5, 5.41) is 2.65. The molecule has 1 aliphatic rings. The van der Waals surface area contributed by atoms with Crippen LogP contribution in [0.2, 0.25) is 0 Å². The molecule has 16 heavy (non-hydrogen) atoms. The van der Waals surface area contributed by atoms with Crippen LogP contribution >= 0.6 is 0 Å². The van der Waals surface area contributed by atoms with Gasteiger partial charge in [0.15, 0.2) is 5.75 Å². The first kappa shape index (κ1) is 11.0. The highest BCUT2D eigenvalue weighted by Crippen LogP contribution is 2.42. The summed E-state index contributed by atoms with van der Waals surface area (Å²) >= 11 is 0. The molecule has 1 aromatic heterocycles. The highest BCUT2D eigenvalue weighted by Gasteiger charge is 2.38. The average Bonchev–Trinajstić information content (AvgIpc) is 3.00. The molecule has 1 saturated carbocycles. The number of pyridine rings is 1. The molecule has 0 aromatic carbocycles. The molecular weight excluding hydrogens is 221 g/mol. The molecular formula is C10H11F3N2O. The Hall–Kier alpha value is -1.46. The van der Waals surface area contributed by atoms with Crippen molar-refractivity contribution in [3.8, 4) is 5.75 Å². The van der Waals surface area contributed by atoms with E-state index in [0.717, 1.165) is 19.0 Å². The number of rotatable bonds is 3. The van der Waals surface area contributed by atoms with E-state index in [-0.39, 0.29) is 17.5 Å². The van der Waals surface area contributed by atoms with E-state index in [9.17, 15) is 13.2 Å². The summed E-state index contributed by atoms with van der Waals surface area (Å²) in [5.74, 6) is -0.146. The third-order valence-corrected chi connectivity index (χ3v) is 2.28. The molecule has 1 aromatic rings. The Labute approximate surface area is 90.6 Å². The molecule has 1 fully saturated rings. The Kier molecular flexibility index (Phi) is 2.65. The Bertz CT molecular complexity index is 388. The van der Waals surface area contributed by atoms with E-state index in [2.05, 4.69) is 10.3 Å². The zero-order chi connectivity index (χ0) is 11.8. The highest BCUT2D eigenvalue weighted by molar-refractivity contribution is 5.58. The fourth-order valence-electron chi connectivity index (χ4n) is 1.31. The Morgan fingerprint density at radius 3 is 2.56 bits per heavy atom. The minimum Gasteiger partial charge on any atom is -0.487 e. The first-order valence-corrected chi connectivity index (χ1v) is 4.92. The largest absolute Gasteiger partial charge is 0.487 e. The monoisotopic (exact) mass is 232 g/mol. The Balaban J connectivity index is 2.41. The van der Waals surface area contributed by atoms with Gasteiger partial charge < -0.3 is 10.1 Å². The van der Waals surface area contributed by atoms with Crippen molar-refractivity contribution >= 4 is 5.69 Å². The predicted molar refractivity (Wildman–Crippen MR) is 52.4 cm³/mol. The van der Waals surface area contributed by atoms with Crippen molar-refractivity contribution in [2.75, 3.05) is 12.4 Å². The lowest BCUT2D eigenvalue weighted by atomic mass is 10.2. The molecule has 1 N–H and O–H groups in total. The maximum Gasteiger partial charge on any atom is 0.421 e. The van der Waals surface area contributed by atoms with Gasteiger partial charge in [0.05, 0.1) is 18.0 Å². The molecule has 0 saturated heterocycles. The smallest absolute Gasteiger partial charge is 0.421 e. The number of anilines is 1. The number of halogens is 3. The minimum atomic E-state index is -4.44. The van der Waals surface area contributed by atoms with Crippen LogP contribution in [0.25, 0.3) is 0 Å². The maximum absolute atomic E-state index is 12.7. The van der Waals surface area contributed by atoms with Crippen molar-refractivity contribution in [3.05, 3.63) is 18.0 Å².